The molecule has 0 bridgehead atoms. The van der Waals surface area contributed by atoms with Crippen LogP contribution in [0.2, 0.25) is 0 Å². The van der Waals surface area contributed by atoms with Crippen LogP contribution in [0.15, 0.2) is 41.7 Å². The molecular weight excluding hydrogens is 232 g/mol. The van der Waals surface area contributed by atoms with Crippen LogP contribution in [-0.2, 0) is 0 Å². The topological polar surface area (TPSA) is 9.23 Å². The zero-order valence-electron chi connectivity index (χ0n) is 13.5. The third kappa shape index (κ3) is 4.41. The van der Waals surface area contributed by atoms with Gasteiger partial charge in [0.2, 0.25) is 0 Å². The maximum Gasteiger partial charge on any atom is 0.126 e. The number of para-hydroxylation sites is 1. The summed E-state index contributed by atoms with van der Waals surface area (Å²) in [4.78, 5) is 0. The fraction of sp³-hybridized carbons (Fsp3) is 0.556. The van der Waals surface area contributed by atoms with E-state index in [4.69, 9.17) is 4.74 Å². The summed E-state index contributed by atoms with van der Waals surface area (Å²) in [7, 11) is 0. The van der Waals surface area contributed by atoms with Gasteiger partial charge < -0.3 is 4.74 Å². The minimum Gasteiger partial charge on any atom is -0.461 e. The van der Waals surface area contributed by atoms with E-state index in [1.165, 1.54) is 5.57 Å². The second-order valence-electron chi connectivity index (χ2n) is 7.08. The summed E-state index contributed by atoms with van der Waals surface area (Å²) in [5.74, 6) is 2.02. The van der Waals surface area contributed by atoms with Gasteiger partial charge in [-0.25, -0.2) is 0 Å². The van der Waals surface area contributed by atoms with Crippen LogP contribution in [0.4, 0.5) is 0 Å². The molecule has 19 heavy (non-hydrogen) atoms. The van der Waals surface area contributed by atoms with E-state index in [1.54, 1.807) is 0 Å². The Hall–Kier alpha value is -1.24. The highest BCUT2D eigenvalue weighted by Crippen LogP contribution is 2.39. The molecule has 0 heterocycles. The Balaban J connectivity index is 3.27. The summed E-state index contributed by atoms with van der Waals surface area (Å²) in [6.45, 7) is 15.6. The summed E-state index contributed by atoms with van der Waals surface area (Å²) < 4.78 is 6.24. The lowest BCUT2D eigenvalue weighted by Crippen LogP contribution is -2.23. The molecule has 0 aliphatic rings. The first-order valence-corrected chi connectivity index (χ1v) is 7.13. The van der Waals surface area contributed by atoms with Gasteiger partial charge in [0.05, 0.1) is 0 Å². The highest BCUT2D eigenvalue weighted by Gasteiger charge is 2.29. The monoisotopic (exact) mass is 260 g/mol. The fourth-order valence-electron chi connectivity index (χ4n) is 2.31. The molecule has 0 radical (unpaired) electrons. The summed E-state index contributed by atoms with van der Waals surface area (Å²) in [5.41, 5.74) is 1.53. The SMILES string of the molecule is CC/C(=C(\Oc1ccccc1)C(C)(C)C)C(C)(C)C. The van der Waals surface area contributed by atoms with Gasteiger partial charge >= 0.3 is 0 Å². The summed E-state index contributed by atoms with van der Waals surface area (Å²) in [5, 5.41) is 0. The van der Waals surface area contributed by atoms with Crippen molar-refractivity contribution in [3.05, 3.63) is 41.7 Å². The van der Waals surface area contributed by atoms with Crippen molar-refractivity contribution in [2.24, 2.45) is 10.8 Å². The molecule has 0 amide bonds. The molecule has 106 valence electrons. The van der Waals surface area contributed by atoms with Gasteiger partial charge in [-0.1, -0.05) is 66.7 Å². The Morgan fingerprint density at radius 1 is 0.895 bits per heavy atom. The number of ether oxygens (including phenoxy) is 1. The maximum absolute atomic E-state index is 6.24. The molecule has 1 rings (SSSR count). The van der Waals surface area contributed by atoms with Crippen LogP contribution in [-0.4, -0.2) is 0 Å². The molecule has 1 aromatic rings. The van der Waals surface area contributed by atoms with Crippen LogP contribution in [0.5, 0.6) is 5.75 Å². The average Bonchev–Trinajstić information content (AvgIpc) is 2.27. The summed E-state index contributed by atoms with van der Waals surface area (Å²) in [6.07, 6.45) is 1.02. The lowest BCUT2D eigenvalue weighted by molar-refractivity contribution is 0.269. The first-order valence-electron chi connectivity index (χ1n) is 7.13. The van der Waals surface area contributed by atoms with Crippen molar-refractivity contribution in [2.45, 2.75) is 54.9 Å². The van der Waals surface area contributed by atoms with Gasteiger partial charge in [0.1, 0.15) is 11.5 Å². The van der Waals surface area contributed by atoms with Gasteiger partial charge in [-0.05, 0) is 29.5 Å². The van der Waals surface area contributed by atoms with Crippen LogP contribution in [0.3, 0.4) is 0 Å². The van der Waals surface area contributed by atoms with Gasteiger partial charge in [0.15, 0.2) is 0 Å². The number of hydrogen-bond donors (Lipinski definition) is 0. The minimum absolute atomic E-state index is 0.00840. The molecule has 0 spiro atoms. The van der Waals surface area contributed by atoms with E-state index in [-0.39, 0.29) is 10.8 Å². The van der Waals surface area contributed by atoms with E-state index in [1.807, 2.05) is 30.3 Å². The number of benzene rings is 1. The van der Waals surface area contributed by atoms with Gasteiger partial charge in [-0.15, -0.1) is 0 Å². The third-order valence-corrected chi connectivity index (χ3v) is 3.18. The molecule has 0 aliphatic heterocycles. The highest BCUT2D eigenvalue weighted by molar-refractivity contribution is 5.28. The van der Waals surface area contributed by atoms with Crippen molar-refractivity contribution in [1.29, 1.82) is 0 Å². The summed E-state index contributed by atoms with van der Waals surface area (Å²) >= 11 is 0. The van der Waals surface area contributed by atoms with Crippen molar-refractivity contribution in [3.63, 3.8) is 0 Å². The van der Waals surface area contributed by atoms with Crippen molar-refractivity contribution >= 4 is 0 Å². The van der Waals surface area contributed by atoms with E-state index in [0.29, 0.717) is 0 Å². The first-order chi connectivity index (χ1) is 8.66. The van der Waals surface area contributed by atoms with E-state index in [0.717, 1.165) is 17.9 Å². The van der Waals surface area contributed by atoms with E-state index in [9.17, 15) is 0 Å². The smallest absolute Gasteiger partial charge is 0.126 e. The molecule has 0 fully saturated rings. The Morgan fingerprint density at radius 2 is 1.42 bits per heavy atom. The Bertz CT molecular complexity index is 427. The molecule has 0 N–H and O–H groups in total. The molecule has 0 saturated carbocycles. The minimum atomic E-state index is 0.00840. The maximum atomic E-state index is 6.24. The number of hydrogen-bond acceptors (Lipinski definition) is 1. The van der Waals surface area contributed by atoms with Gasteiger partial charge in [-0.2, -0.15) is 0 Å². The molecule has 1 nitrogen and oxygen atoms in total. The highest BCUT2D eigenvalue weighted by atomic mass is 16.5. The van der Waals surface area contributed by atoms with E-state index in [2.05, 4.69) is 48.5 Å². The Labute approximate surface area is 118 Å². The fourth-order valence-corrected chi connectivity index (χ4v) is 2.31. The molecule has 0 unspecified atom stereocenters. The largest absolute Gasteiger partial charge is 0.461 e. The molecule has 0 aromatic heterocycles. The first kappa shape index (κ1) is 15.8. The summed E-state index contributed by atoms with van der Waals surface area (Å²) in [6, 6.07) is 10.1. The average molecular weight is 260 g/mol. The lowest BCUT2D eigenvalue weighted by atomic mass is 9.78. The zero-order chi connectivity index (χ0) is 14.7. The predicted molar refractivity (Wildman–Crippen MR) is 83.3 cm³/mol. The number of allylic oxidation sites excluding steroid dienone is 2. The quantitative estimate of drug-likeness (QED) is 0.622. The molecule has 1 aromatic carbocycles. The zero-order valence-corrected chi connectivity index (χ0v) is 13.5. The van der Waals surface area contributed by atoms with E-state index >= 15 is 0 Å². The second kappa shape index (κ2) is 5.81. The van der Waals surface area contributed by atoms with Crippen LogP contribution < -0.4 is 4.74 Å². The Morgan fingerprint density at radius 3 is 1.79 bits per heavy atom. The predicted octanol–water partition coefficient (Wildman–Crippen LogP) is 5.82. The van der Waals surface area contributed by atoms with E-state index < -0.39 is 0 Å². The van der Waals surface area contributed by atoms with Gasteiger partial charge in [-0.3, -0.25) is 0 Å². The molecule has 1 heteroatoms. The van der Waals surface area contributed by atoms with Crippen molar-refractivity contribution in [3.8, 4) is 5.75 Å². The van der Waals surface area contributed by atoms with Crippen molar-refractivity contribution in [2.75, 3.05) is 0 Å². The standard InChI is InChI=1S/C18H28O/c1-8-15(17(2,3)4)16(18(5,6)7)19-14-12-10-9-11-13-14/h9-13H,8H2,1-7H3/b16-15+. The van der Waals surface area contributed by atoms with Crippen LogP contribution in [0, 0.1) is 10.8 Å². The second-order valence-corrected chi connectivity index (χ2v) is 7.08. The Kier molecular flexibility index (Phi) is 4.84. The van der Waals surface area contributed by atoms with Crippen LogP contribution in [0.25, 0.3) is 0 Å². The molecular formula is C18H28O. The third-order valence-electron chi connectivity index (χ3n) is 3.18. The molecule has 0 aliphatic carbocycles. The normalized spacial score (nSPS) is 14.1. The van der Waals surface area contributed by atoms with Crippen LogP contribution in [0.1, 0.15) is 54.9 Å². The number of rotatable bonds is 3. The lowest BCUT2D eigenvalue weighted by Gasteiger charge is -2.32. The molecule has 0 atom stereocenters. The van der Waals surface area contributed by atoms with Crippen molar-refractivity contribution in [1.82, 2.24) is 0 Å². The van der Waals surface area contributed by atoms with Crippen molar-refractivity contribution < 1.29 is 4.74 Å². The van der Waals surface area contributed by atoms with Gasteiger partial charge in [0.25, 0.3) is 0 Å². The van der Waals surface area contributed by atoms with Gasteiger partial charge in [0, 0.05) is 5.41 Å². The molecule has 0 saturated heterocycles. The van der Waals surface area contributed by atoms with Crippen LogP contribution >= 0.6 is 0 Å².